The third-order valence-electron chi connectivity index (χ3n) is 4.63. The minimum atomic E-state index is -0.0757. The monoisotopic (exact) mass is 403 g/mol. The van der Waals surface area contributed by atoms with Crippen LogP contribution in [0.4, 0.5) is 11.9 Å². The molecule has 2 heterocycles. The van der Waals surface area contributed by atoms with Crippen molar-refractivity contribution >= 4 is 35.1 Å². The van der Waals surface area contributed by atoms with Crippen molar-refractivity contribution < 1.29 is 4.74 Å². The van der Waals surface area contributed by atoms with E-state index < -0.39 is 0 Å². The molecule has 0 saturated carbocycles. The Morgan fingerprint density at radius 2 is 2.04 bits per heavy atom. The normalized spacial score (nSPS) is 18.6. The highest BCUT2D eigenvalue weighted by Gasteiger charge is 2.32. The first-order valence-electron chi connectivity index (χ1n) is 8.72. The Bertz CT molecular complexity index is 974. The molecule has 1 aromatic heterocycles. The average molecular weight is 404 g/mol. The third kappa shape index (κ3) is 3.42. The lowest BCUT2D eigenvalue weighted by Gasteiger charge is -2.32. The second kappa shape index (κ2) is 7.29. The average Bonchev–Trinajstić information content (AvgIpc) is 3.04. The molecule has 2 atom stereocenters. The number of rotatable bonds is 4. The van der Waals surface area contributed by atoms with Gasteiger partial charge >= 0.3 is 0 Å². The summed E-state index contributed by atoms with van der Waals surface area (Å²) in [6.45, 7) is 2.56. The topological polar surface area (TPSA) is 78.0 Å². The summed E-state index contributed by atoms with van der Waals surface area (Å²) >= 11 is 12.3. The van der Waals surface area contributed by atoms with Crippen LogP contribution in [0.25, 0.3) is 0 Å². The SMILES string of the molecule is CCOc1ccccc1C1CC(c2ccc(Cl)c(Cl)c2)Nc2nc(N)nn21. The minimum Gasteiger partial charge on any atom is -0.494 e. The van der Waals surface area contributed by atoms with Gasteiger partial charge in [0.2, 0.25) is 11.9 Å². The number of nitrogen functional groups attached to an aromatic ring is 1. The van der Waals surface area contributed by atoms with Gasteiger partial charge in [0.1, 0.15) is 5.75 Å². The lowest BCUT2D eigenvalue weighted by atomic mass is 9.93. The van der Waals surface area contributed by atoms with Gasteiger partial charge in [0.25, 0.3) is 0 Å². The molecule has 1 aliphatic rings. The number of ether oxygens (including phenoxy) is 1. The zero-order valence-electron chi connectivity index (χ0n) is 14.7. The van der Waals surface area contributed by atoms with Crippen LogP contribution in [0.2, 0.25) is 10.0 Å². The highest BCUT2D eigenvalue weighted by atomic mass is 35.5. The molecule has 2 unspecified atom stereocenters. The molecule has 0 saturated heterocycles. The molecule has 0 amide bonds. The van der Waals surface area contributed by atoms with Gasteiger partial charge in [-0.25, -0.2) is 4.68 Å². The predicted molar refractivity (Wildman–Crippen MR) is 108 cm³/mol. The standard InChI is InChI=1S/C19H19Cl2N5O/c1-2-27-17-6-4-3-5-12(17)16-10-15(11-7-8-13(20)14(21)9-11)23-19-24-18(22)25-26(16)19/h3-9,15-16H,2,10H2,1H3,(H3,22,23,24,25). The van der Waals surface area contributed by atoms with Gasteiger partial charge < -0.3 is 15.8 Å². The Morgan fingerprint density at radius 3 is 2.81 bits per heavy atom. The van der Waals surface area contributed by atoms with Crippen LogP contribution >= 0.6 is 23.2 Å². The van der Waals surface area contributed by atoms with E-state index in [4.69, 9.17) is 33.7 Å². The largest absolute Gasteiger partial charge is 0.494 e. The van der Waals surface area contributed by atoms with Gasteiger partial charge in [-0.2, -0.15) is 4.98 Å². The Labute approximate surface area is 167 Å². The summed E-state index contributed by atoms with van der Waals surface area (Å²) in [4.78, 5) is 4.34. The number of nitrogens with one attached hydrogen (secondary N) is 1. The van der Waals surface area contributed by atoms with Crippen molar-refractivity contribution in [3.05, 3.63) is 63.6 Å². The number of nitrogens with two attached hydrogens (primary N) is 1. The van der Waals surface area contributed by atoms with E-state index in [1.807, 2.05) is 41.9 Å². The van der Waals surface area contributed by atoms with Gasteiger partial charge in [0, 0.05) is 5.56 Å². The van der Waals surface area contributed by atoms with Crippen molar-refractivity contribution in [2.24, 2.45) is 0 Å². The molecule has 1 aliphatic heterocycles. The van der Waals surface area contributed by atoms with Gasteiger partial charge in [-0.1, -0.05) is 47.5 Å². The molecule has 0 spiro atoms. The van der Waals surface area contributed by atoms with E-state index in [0.717, 1.165) is 23.3 Å². The summed E-state index contributed by atoms with van der Waals surface area (Å²) in [6, 6.07) is 13.5. The molecule has 0 aliphatic carbocycles. The summed E-state index contributed by atoms with van der Waals surface area (Å²) in [7, 11) is 0. The Balaban J connectivity index is 1.78. The number of benzene rings is 2. The van der Waals surface area contributed by atoms with Gasteiger partial charge in [0.05, 0.1) is 28.7 Å². The van der Waals surface area contributed by atoms with E-state index in [0.29, 0.717) is 22.6 Å². The highest BCUT2D eigenvalue weighted by molar-refractivity contribution is 6.42. The lowest BCUT2D eigenvalue weighted by molar-refractivity contribution is 0.325. The lowest BCUT2D eigenvalue weighted by Crippen LogP contribution is -2.28. The van der Waals surface area contributed by atoms with Crippen LogP contribution in [0.5, 0.6) is 5.75 Å². The second-order valence-electron chi connectivity index (χ2n) is 6.33. The maximum atomic E-state index is 6.22. The maximum Gasteiger partial charge on any atom is 0.241 e. The molecule has 27 heavy (non-hydrogen) atoms. The smallest absolute Gasteiger partial charge is 0.241 e. The fourth-order valence-electron chi connectivity index (χ4n) is 3.44. The van der Waals surface area contributed by atoms with Crippen LogP contribution in [0, 0.1) is 0 Å². The minimum absolute atomic E-state index is 0.0180. The molecule has 0 radical (unpaired) electrons. The summed E-state index contributed by atoms with van der Waals surface area (Å²) in [5.74, 6) is 1.68. The van der Waals surface area contributed by atoms with Crippen LogP contribution in [-0.2, 0) is 0 Å². The Hall–Kier alpha value is -2.44. The van der Waals surface area contributed by atoms with Gasteiger partial charge in [-0.05, 0) is 37.1 Å². The first kappa shape index (κ1) is 17.9. The van der Waals surface area contributed by atoms with E-state index in [9.17, 15) is 0 Å². The molecule has 0 bridgehead atoms. The zero-order valence-corrected chi connectivity index (χ0v) is 16.2. The van der Waals surface area contributed by atoms with E-state index in [2.05, 4.69) is 21.5 Å². The third-order valence-corrected chi connectivity index (χ3v) is 5.37. The van der Waals surface area contributed by atoms with Crippen molar-refractivity contribution in [3.8, 4) is 5.75 Å². The van der Waals surface area contributed by atoms with Crippen LogP contribution < -0.4 is 15.8 Å². The predicted octanol–water partition coefficient (Wildman–Crippen LogP) is 4.71. The Morgan fingerprint density at radius 1 is 1.22 bits per heavy atom. The molecule has 3 aromatic rings. The van der Waals surface area contributed by atoms with E-state index in [1.165, 1.54) is 0 Å². The van der Waals surface area contributed by atoms with Crippen molar-refractivity contribution in [3.63, 3.8) is 0 Å². The van der Waals surface area contributed by atoms with Gasteiger partial charge in [-0.3, -0.25) is 0 Å². The maximum absolute atomic E-state index is 6.22. The van der Waals surface area contributed by atoms with E-state index in [-0.39, 0.29) is 18.0 Å². The molecule has 4 rings (SSSR count). The number of nitrogens with zero attached hydrogens (tertiary/aromatic N) is 3. The molecule has 8 heteroatoms. The van der Waals surface area contributed by atoms with Crippen molar-refractivity contribution in [2.45, 2.75) is 25.4 Å². The summed E-state index contributed by atoms with van der Waals surface area (Å²) in [5.41, 5.74) is 7.93. The van der Waals surface area contributed by atoms with Gasteiger partial charge in [0.15, 0.2) is 0 Å². The molecule has 6 nitrogen and oxygen atoms in total. The first-order valence-corrected chi connectivity index (χ1v) is 9.47. The van der Waals surface area contributed by atoms with E-state index >= 15 is 0 Å². The fourth-order valence-corrected chi connectivity index (χ4v) is 3.75. The molecular weight excluding hydrogens is 385 g/mol. The molecular formula is C19H19Cl2N5O. The van der Waals surface area contributed by atoms with Gasteiger partial charge in [-0.15, -0.1) is 5.10 Å². The zero-order chi connectivity index (χ0) is 19.0. The van der Waals surface area contributed by atoms with Crippen molar-refractivity contribution in [2.75, 3.05) is 17.7 Å². The number of hydrogen-bond acceptors (Lipinski definition) is 5. The molecule has 0 fully saturated rings. The van der Waals surface area contributed by atoms with Crippen molar-refractivity contribution in [1.82, 2.24) is 14.8 Å². The number of hydrogen-bond donors (Lipinski definition) is 2. The molecule has 140 valence electrons. The number of para-hydroxylation sites is 1. The van der Waals surface area contributed by atoms with Crippen LogP contribution in [0.15, 0.2) is 42.5 Å². The molecule has 3 N–H and O–H groups in total. The van der Waals surface area contributed by atoms with Crippen LogP contribution in [0.1, 0.15) is 36.6 Å². The summed E-state index contributed by atoms with van der Waals surface area (Å²) in [6.07, 6.45) is 0.734. The second-order valence-corrected chi connectivity index (χ2v) is 7.15. The fraction of sp³-hybridized carbons (Fsp3) is 0.263. The number of halogens is 2. The first-order chi connectivity index (χ1) is 13.1. The Kier molecular flexibility index (Phi) is 4.85. The van der Waals surface area contributed by atoms with Crippen molar-refractivity contribution in [1.29, 1.82) is 0 Å². The van der Waals surface area contributed by atoms with Crippen LogP contribution in [0.3, 0.4) is 0 Å². The molecule has 2 aromatic carbocycles. The summed E-state index contributed by atoms with van der Waals surface area (Å²) < 4.78 is 7.66. The quantitative estimate of drug-likeness (QED) is 0.659. The van der Waals surface area contributed by atoms with Crippen LogP contribution in [-0.4, -0.2) is 21.4 Å². The number of anilines is 2. The number of fused-ring (bicyclic) bond motifs is 1. The van der Waals surface area contributed by atoms with E-state index in [1.54, 1.807) is 6.07 Å². The number of aromatic nitrogens is 3. The summed E-state index contributed by atoms with van der Waals surface area (Å²) in [5, 5.41) is 8.84. The highest BCUT2D eigenvalue weighted by Crippen LogP contribution is 2.41.